The number of rotatable bonds is 22. The SMILES string of the molecule is C[C@H](NC(=O)CN)C(=O)N[C@@H](Cc1ccc(O)cc1)C(=O)O.C[C@H](NC(=O)[C@@H](N)Cc1ccc(O)cc1)C(=O)NC(=O)[C@H](Cc1ccccc1)NC(=O)CN.NC(=O)[C@@H](Cc1ccccc1)NC(=O)[C@H]1CCCN1. The molecule has 5 rings (SSSR count). The number of carboxylic acid groups (broad SMARTS) is 1. The Labute approximate surface area is 428 Å². The molecule has 23 nitrogen and oxygen atoms in total. The maximum atomic E-state index is 12.7. The molecule has 1 heterocycles. The summed E-state index contributed by atoms with van der Waals surface area (Å²) in [5.41, 5.74) is 24.9. The third-order valence-electron chi connectivity index (χ3n) is 11.1. The molecule has 23 heteroatoms. The van der Waals surface area contributed by atoms with Crippen LogP contribution >= 0.6 is 0 Å². The molecule has 0 bridgehead atoms. The average molecular weight is 1030 g/mol. The van der Waals surface area contributed by atoms with Crippen molar-refractivity contribution in [1.29, 1.82) is 0 Å². The van der Waals surface area contributed by atoms with Crippen LogP contribution in [0.3, 0.4) is 0 Å². The lowest BCUT2D eigenvalue weighted by Gasteiger charge is -2.20. The Hall–Kier alpha value is -8.25. The topological polar surface area (TPSA) is 403 Å². The van der Waals surface area contributed by atoms with Crippen molar-refractivity contribution in [3.05, 3.63) is 131 Å². The summed E-state index contributed by atoms with van der Waals surface area (Å²) in [4.78, 5) is 107. The number of amides is 8. The number of primary amides is 1. The van der Waals surface area contributed by atoms with Gasteiger partial charge in [-0.2, -0.15) is 0 Å². The van der Waals surface area contributed by atoms with Crippen molar-refractivity contribution in [3.63, 3.8) is 0 Å². The summed E-state index contributed by atoms with van der Waals surface area (Å²) in [7, 11) is 0. The standard InChI is InChI=1S/C23H29N5O5.C14H19N3O5.C14H19N3O2/c1-14(26-22(32)18(25)11-16-7-9-17(29)10-8-16)21(31)28-23(33)19(27-20(30)13-24)12-15-5-3-2-4-6-15;1-8(16-12(19)7-15)13(20)17-11(14(21)22)6-9-2-4-10(18)5-3-9;15-13(18)12(9-10-5-2-1-3-6-10)17-14(19)11-7-4-8-16-11/h2-10,14,18-19,29H,11-13,24-25H2,1H3,(H,26,32)(H,27,30)(H,28,31,33);2-5,8,11,18H,6-7,15H2,1H3,(H,16,19)(H,17,20)(H,21,22);1-3,5-6,11-12,16H,4,7-9H2,(H2,15,18)(H,17,19)/t14-,18-,19-;8-,11-;11-,12-/m001/s1. The Balaban J connectivity index is 0.000000307. The Kier molecular flexibility index (Phi) is 25.4. The van der Waals surface area contributed by atoms with Gasteiger partial charge in [0.2, 0.25) is 47.3 Å². The molecule has 4 aromatic carbocycles. The van der Waals surface area contributed by atoms with E-state index in [0.29, 0.717) is 12.0 Å². The predicted octanol–water partition coefficient (Wildman–Crippen LogP) is -1.99. The van der Waals surface area contributed by atoms with Gasteiger partial charge >= 0.3 is 5.97 Å². The zero-order valence-corrected chi connectivity index (χ0v) is 41.1. The van der Waals surface area contributed by atoms with Gasteiger partial charge in [0.15, 0.2) is 0 Å². The first-order chi connectivity index (χ1) is 35.2. The van der Waals surface area contributed by atoms with Gasteiger partial charge in [0, 0.05) is 19.3 Å². The number of carboxylic acids is 1. The summed E-state index contributed by atoms with van der Waals surface area (Å²) < 4.78 is 0. The van der Waals surface area contributed by atoms with Crippen molar-refractivity contribution in [3.8, 4) is 11.5 Å². The molecule has 74 heavy (non-hydrogen) atoms. The minimum Gasteiger partial charge on any atom is -0.508 e. The van der Waals surface area contributed by atoms with Crippen molar-refractivity contribution in [2.45, 2.75) is 94.7 Å². The Morgan fingerprint density at radius 3 is 1.49 bits per heavy atom. The van der Waals surface area contributed by atoms with Crippen LogP contribution in [0, 0.1) is 0 Å². The van der Waals surface area contributed by atoms with Crippen LogP contribution in [0.15, 0.2) is 109 Å². The molecule has 8 amide bonds. The van der Waals surface area contributed by atoms with E-state index < -0.39 is 83.6 Å². The molecular formula is C51H67N11O12. The van der Waals surface area contributed by atoms with E-state index in [1.165, 1.54) is 38.1 Å². The number of nitrogens with two attached hydrogens (primary N) is 4. The van der Waals surface area contributed by atoms with Gasteiger partial charge in [-0.1, -0.05) is 84.9 Å². The second kappa shape index (κ2) is 31.3. The molecule has 7 atom stereocenters. The van der Waals surface area contributed by atoms with Gasteiger partial charge in [0.1, 0.15) is 41.7 Å². The highest BCUT2D eigenvalue weighted by atomic mass is 16.4. The van der Waals surface area contributed by atoms with Crippen LogP contribution in [-0.4, -0.2) is 130 Å². The number of carbonyl (C=O) groups is 9. The fraction of sp³-hybridized carbons (Fsp3) is 0.353. The summed E-state index contributed by atoms with van der Waals surface area (Å²) in [6.07, 6.45) is 2.63. The Morgan fingerprint density at radius 2 is 1.01 bits per heavy atom. The number of carbonyl (C=O) groups excluding carboxylic acids is 8. The van der Waals surface area contributed by atoms with Gasteiger partial charge in [0.25, 0.3) is 0 Å². The number of hydrogen-bond donors (Lipinski definition) is 14. The highest BCUT2D eigenvalue weighted by Gasteiger charge is 2.29. The lowest BCUT2D eigenvalue weighted by atomic mass is 10.0. The number of nitrogens with one attached hydrogen (secondary N) is 7. The van der Waals surface area contributed by atoms with Gasteiger partial charge in [-0.05, 0) is 86.2 Å². The molecule has 0 unspecified atom stereocenters. The fourth-order valence-electron chi connectivity index (χ4n) is 6.98. The quantitative estimate of drug-likeness (QED) is 0.0405. The first kappa shape index (κ1) is 60.1. The number of phenolic OH excluding ortho intramolecular Hbond substituents is 2. The minimum atomic E-state index is -1.20. The molecule has 1 saturated heterocycles. The Morgan fingerprint density at radius 1 is 0.554 bits per heavy atom. The number of aliphatic carboxylic acids is 1. The van der Waals surface area contributed by atoms with E-state index >= 15 is 0 Å². The van der Waals surface area contributed by atoms with Crippen molar-refractivity contribution in [2.24, 2.45) is 22.9 Å². The lowest BCUT2D eigenvalue weighted by molar-refractivity contribution is -0.142. The summed E-state index contributed by atoms with van der Waals surface area (Å²) >= 11 is 0. The molecule has 0 spiro atoms. The molecule has 1 aliphatic heterocycles. The van der Waals surface area contributed by atoms with Crippen molar-refractivity contribution in [2.75, 3.05) is 19.6 Å². The zero-order valence-electron chi connectivity index (χ0n) is 41.1. The molecule has 1 aliphatic rings. The molecule has 0 saturated carbocycles. The van der Waals surface area contributed by atoms with Gasteiger partial charge < -0.3 is 70.2 Å². The van der Waals surface area contributed by atoms with Crippen LogP contribution in [0.1, 0.15) is 48.9 Å². The van der Waals surface area contributed by atoms with Crippen LogP contribution in [0.25, 0.3) is 0 Å². The third-order valence-corrected chi connectivity index (χ3v) is 11.1. The molecule has 18 N–H and O–H groups in total. The summed E-state index contributed by atoms with van der Waals surface area (Å²) in [6, 6.07) is 24.8. The second-order valence-corrected chi connectivity index (χ2v) is 17.1. The van der Waals surface area contributed by atoms with Crippen LogP contribution in [0.2, 0.25) is 0 Å². The molecule has 0 aliphatic carbocycles. The summed E-state index contributed by atoms with van der Waals surface area (Å²) in [6.45, 7) is 3.13. The van der Waals surface area contributed by atoms with E-state index in [1.807, 2.05) is 36.4 Å². The van der Waals surface area contributed by atoms with Crippen LogP contribution in [0.4, 0.5) is 0 Å². The van der Waals surface area contributed by atoms with E-state index in [0.717, 1.165) is 36.1 Å². The molecule has 398 valence electrons. The highest BCUT2D eigenvalue weighted by Crippen LogP contribution is 2.13. The predicted molar refractivity (Wildman–Crippen MR) is 272 cm³/mol. The monoisotopic (exact) mass is 1030 g/mol. The van der Waals surface area contributed by atoms with E-state index in [1.54, 1.807) is 48.5 Å². The van der Waals surface area contributed by atoms with Gasteiger partial charge in [-0.25, -0.2) is 4.79 Å². The molecule has 4 aromatic rings. The molecular weight excluding hydrogens is 959 g/mol. The van der Waals surface area contributed by atoms with E-state index in [4.69, 9.17) is 22.9 Å². The van der Waals surface area contributed by atoms with Gasteiger partial charge in [-0.15, -0.1) is 0 Å². The number of aromatic hydroxyl groups is 2. The maximum Gasteiger partial charge on any atom is 0.326 e. The zero-order chi connectivity index (χ0) is 54.7. The normalized spacial score (nSPS) is 14.9. The summed E-state index contributed by atoms with van der Waals surface area (Å²) in [5, 5.41) is 45.4. The number of hydrogen-bond acceptors (Lipinski definition) is 15. The molecule has 1 fully saturated rings. The second-order valence-electron chi connectivity index (χ2n) is 17.1. The Bertz CT molecular complexity index is 2480. The van der Waals surface area contributed by atoms with E-state index in [2.05, 4.69) is 37.2 Å². The maximum absolute atomic E-state index is 12.7. The number of imide groups is 1. The molecule has 0 radical (unpaired) electrons. The van der Waals surface area contributed by atoms with Crippen molar-refractivity contribution >= 4 is 53.2 Å². The van der Waals surface area contributed by atoms with E-state index in [9.17, 15) is 58.5 Å². The first-order valence-corrected chi connectivity index (χ1v) is 23.6. The van der Waals surface area contributed by atoms with Crippen molar-refractivity contribution in [1.82, 2.24) is 37.2 Å². The fourth-order valence-corrected chi connectivity index (χ4v) is 6.98. The molecule has 0 aromatic heterocycles. The van der Waals surface area contributed by atoms with E-state index in [-0.39, 0.29) is 55.8 Å². The van der Waals surface area contributed by atoms with Gasteiger partial charge in [-0.3, -0.25) is 43.7 Å². The number of benzene rings is 4. The van der Waals surface area contributed by atoms with Crippen LogP contribution in [-0.2, 0) is 68.8 Å². The average Bonchev–Trinajstić information content (AvgIpc) is 3.93. The third kappa shape index (κ3) is 22.0. The minimum absolute atomic E-state index is 0.0545. The summed E-state index contributed by atoms with van der Waals surface area (Å²) in [5.74, 6) is -5.38. The van der Waals surface area contributed by atoms with Gasteiger partial charge in [0.05, 0.1) is 25.2 Å². The smallest absolute Gasteiger partial charge is 0.326 e. The van der Waals surface area contributed by atoms with Crippen LogP contribution < -0.4 is 60.2 Å². The van der Waals surface area contributed by atoms with Crippen LogP contribution in [0.5, 0.6) is 11.5 Å². The lowest BCUT2D eigenvalue weighted by Crippen LogP contribution is -2.55. The first-order valence-electron chi connectivity index (χ1n) is 23.6. The largest absolute Gasteiger partial charge is 0.508 e. The number of phenols is 2. The highest BCUT2D eigenvalue weighted by molar-refractivity contribution is 6.02. The van der Waals surface area contributed by atoms with Crippen molar-refractivity contribution < 1.29 is 58.5 Å².